The van der Waals surface area contributed by atoms with E-state index >= 15 is 0 Å². The third-order valence-corrected chi connectivity index (χ3v) is 5.17. The van der Waals surface area contributed by atoms with Crippen LogP contribution in [0, 0.1) is 0 Å². The second-order valence-corrected chi connectivity index (χ2v) is 6.38. The Bertz CT molecular complexity index is 499. The van der Waals surface area contributed by atoms with Crippen LogP contribution in [0.1, 0.15) is 44.9 Å². The van der Waals surface area contributed by atoms with Gasteiger partial charge in [0, 0.05) is 15.8 Å². The summed E-state index contributed by atoms with van der Waals surface area (Å²) in [6, 6.07) is 4.04. The first-order chi connectivity index (χ1) is 8.34. The number of hydrogen-bond donors (Lipinski definition) is 0. The van der Waals surface area contributed by atoms with Crippen LogP contribution < -0.4 is 0 Å². The van der Waals surface area contributed by atoms with Gasteiger partial charge >= 0.3 is 0 Å². The van der Waals surface area contributed by atoms with Gasteiger partial charge in [0.05, 0.1) is 4.88 Å². The van der Waals surface area contributed by atoms with Crippen molar-refractivity contribution in [3.05, 3.63) is 43.8 Å². The molecular formula is C14H14OS2. The second kappa shape index (κ2) is 4.75. The van der Waals surface area contributed by atoms with Crippen LogP contribution in [0.25, 0.3) is 0 Å². The van der Waals surface area contributed by atoms with Gasteiger partial charge in [-0.05, 0) is 48.8 Å². The predicted molar refractivity (Wildman–Crippen MR) is 73.3 cm³/mol. The molecule has 0 saturated heterocycles. The van der Waals surface area contributed by atoms with Crippen molar-refractivity contribution in [3.8, 4) is 0 Å². The molecule has 0 fully saturated rings. The Kier molecular flexibility index (Phi) is 3.12. The highest BCUT2D eigenvalue weighted by atomic mass is 32.1. The zero-order chi connectivity index (χ0) is 11.7. The van der Waals surface area contributed by atoms with E-state index in [2.05, 4.69) is 6.07 Å². The van der Waals surface area contributed by atoms with Crippen LogP contribution >= 0.6 is 22.7 Å². The molecular weight excluding hydrogens is 248 g/mol. The molecule has 0 amide bonds. The summed E-state index contributed by atoms with van der Waals surface area (Å²) in [4.78, 5) is 14.6. The van der Waals surface area contributed by atoms with Crippen LogP contribution in [0.15, 0.2) is 22.9 Å². The lowest BCUT2D eigenvalue weighted by molar-refractivity contribution is 0.104. The summed E-state index contributed by atoms with van der Waals surface area (Å²) >= 11 is 3.29. The van der Waals surface area contributed by atoms with E-state index in [9.17, 15) is 4.79 Å². The fourth-order valence-electron chi connectivity index (χ4n) is 2.32. The second-order valence-electron chi connectivity index (χ2n) is 4.46. The molecule has 3 rings (SSSR count). The zero-order valence-corrected chi connectivity index (χ0v) is 11.2. The molecule has 3 heteroatoms. The van der Waals surface area contributed by atoms with Crippen molar-refractivity contribution in [2.75, 3.05) is 0 Å². The maximum absolute atomic E-state index is 12.2. The maximum Gasteiger partial charge on any atom is 0.203 e. The zero-order valence-electron chi connectivity index (χ0n) is 9.57. The number of aryl methyl sites for hydroxylation is 2. The molecule has 0 spiro atoms. The smallest absolute Gasteiger partial charge is 0.203 e. The Balaban J connectivity index is 1.92. The molecule has 1 nitrogen and oxygen atoms in total. The van der Waals surface area contributed by atoms with Crippen molar-refractivity contribution in [2.24, 2.45) is 0 Å². The lowest BCUT2D eigenvalue weighted by atomic mass is 10.1. The van der Waals surface area contributed by atoms with E-state index in [-0.39, 0.29) is 5.78 Å². The highest BCUT2D eigenvalue weighted by Crippen LogP contribution is 2.30. The highest BCUT2D eigenvalue weighted by Gasteiger charge is 2.17. The van der Waals surface area contributed by atoms with E-state index in [1.165, 1.54) is 29.7 Å². The molecule has 88 valence electrons. The first-order valence-corrected chi connectivity index (χ1v) is 7.79. The Morgan fingerprint density at radius 3 is 2.88 bits per heavy atom. The van der Waals surface area contributed by atoms with E-state index < -0.39 is 0 Å². The third-order valence-electron chi connectivity index (χ3n) is 3.25. The molecule has 0 atom stereocenters. The summed E-state index contributed by atoms with van der Waals surface area (Å²) in [6.45, 7) is 0. The first-order valence-electron chi connectivity index (χ1n) is 6.03. The molecule has 0 bridgehead atoms. The quantitative estimate of drug-likeness (QED) is 0.582. The van der Waals surface area contributed by atoms with Gasteiger partial charge in [0.15, 0.2) is 0 Å². The average molecular weight is 262 g/mol. The lowest BCUT2D eigenvalue weighted by Crippen LogP contribution is -1.95. The van der Waals surface area contributed by atoms with Gasteiger partial charge in [0.1, 0.15) is 0 Å². The van der Waals surface area contributed by atoms with Gasteiger partial charge in [-0.15, -0.1) is 11.3 Å². The van der Waals surface area contributed by atoms with E-state index in [1.807, 2.05) is 16.8 Å². The van der Waals surface area contributed by atoms with E-state index in [0.717, 1.165) is 23.3 Å². The summed E-state index contributed by atoms with van der Waals surface area (Å²) < 4.78 is 0. The average Bonchev–Trinajstić information content (AvgIpc) is 2.95. The van der Waals surface area contributed by atoms with Crippen LogP contribution in [0.2, 0.25) is 0 Å². The van der Waals surface area contributed by atoms with Gasteiger partial charge < -0.3 is 0 Å². The van der Waals surface area contributed by atoms with Gasteiger partial charge in [-0.3, -0.25) is 4.79 Å². The molecule has 1 aliphatic rings. The number of fused-ring (bicyclic) bond motifs is 1. The molecule has 0 aliphatic heterocycles. The van der Waals surface area contributed by atoms with Crippen LogP contribution in [0.3, 0.4) is 0 Å². The van der Waals surface area contributed by atoms with Crippen molar-refractivity contribution in [1.29, 1.82) is 0 Å². The van der Waals surface area contributed by atoms with E-state index in [4.69, 9.17) is 0 Å². The molecule has 17 heavy (non-hydrogen) atoms. The minimum absolute atomic E-state index is 0.198. The van der Waals surface area contributed by atoms with Gasteiger partial charge in [0.25, 0.3) is 0 Å². The Hall–Kier alpha value is -0.930. The highest BCUT2D eigenvalue weighted by molar-refractivity contribution is 7.14. The largest absolute Gasteiger partial charge is 0.288 e. The molecule has 0 unspecified atom stereocenters. The summed E-state index contributed by atoms with van der Waals surface area (Å²) in [5, 5.41) is 3.90. The fraction of sp³-hybridized carbons (Fsp3) is 0.357. The monoisotopic (exact) mass is 262 g/mol. The minimum Gasteiger partial charge on any atom is -0.288 e. The molecule has 0 radical (unpaired) electrons. The lowest BCUT2D eigenvalue weighted by Gasteiger charge is -1.94. The van der Waals surface area contributed by atoms with Crippen molar-refractivity contribution in [2.45, 2.75) is 32.1 Å². The Morgan fingerprint density at radius 2 is 2.06 bits per heavy atom. The molecule has 2 aromatic rings. The molecule has 1 aliphatic carbocycles. The summed E-state index contributed by atoms with van der Waals surface area (Å²) in [6.07, 6.45) is 6.20. The fourth-order valence-corrected chi connectivity index (χ4v) is 4.17. The minimum atomic E-state index is 0.198. The summed E-state index contributed by atoms with van der Waals surface area (Å²) in [7, 11) is 0. The number of carbonyl (C=O) groups is 1. The number of hydrogen-bond acceptors (Lipinski definition) is 3. The van der Waals surface area contributed by atoms with Crippen molar-refractivity contribution in [3.63, 3.8) is 0 Å². The molecule has 2 heterocycles. The van der Waals surface area contributed by atoms with Gasteiger partial charge in [-0.25, -0.2) is 0 Å². The number of rotatable bonds is 2. The van der Waals surface area contributed by atoms with Gasteiger partial charge in [-0.2, -0.15) is 11.3 Å². The van der Waals surface area contributed by atoms with Crippen LogP contribution in [0.4, 0.5) is 0 Å². The summed E-state index contributed by atoms with van der Waals surface area (Å²) in [5.74, 6) is 0.198. The Labute approximate surface area is 109 Å². The molecule has 0 saturated carbocycles. The Morgan fingerprint density at radius 1 is 1.18 bits per heavy atom. The maximum atomic E-state index is 12.2. The normalized spacial score (nSPS) is 15.3. The van der Waals surface area contributed by atoms with Crippen molar-refractivity contribution < 1.29 is 4.79 Å². The standard InChI is InChI=1S/C14H14OS2/c15-14(11-6-7-16-9-11)13-8-10-4-2-1-3-5-12(10)17-13/h6-9H,1-5H2. The van der Waals surface area contributed by atoms with Gasteiger partial charge in [-0.1, -0.05) is 6.42 Å². The number of carbonyl (C=O) groups excluding carboxylic acids is 1. The molecule has 0 N–H and O–H groups in total. The van der Waals surface area contributed by atoms with Crippen molar-refractivity contribution >= 4 is 28.5 Å². The predicted octanol–water partition coefficient (Wildman–Crippen LogP) is 4.31. The number of ketones is 1. The number of thiophene rings is 2. The topological polar surface area (TPSA) is 17.1 Å². The van der Waals surface area contributed by atoms with Gasteiger partial charge in [0.2, 0.25) is 5.78 Å². The third kappa shape index (κ3) is 2.22. The summed E-state index contributed by atoms with van der Waals surface area (Å²) in [5.41, 5.74) is 2.26. The van der Waals surface area contributed by atoms with Crippen LogP contribution in [-0.2, 0) is 12.8 Å². The van der Waals surface area contributed by atoms with Crippen molar-refractivity contribution in [1.82, 2.24) is 0 Å². The van der Waals surface area contributed by atoms with E-state index in [0.29, 0.717) is 0 Å². The van der Waals surface area contributed by atoms with Crippen LogP contribution in [0.5, 0.6) is 0 Å². The molecule has 0 aromatic carbocycles. The first kappa shape index (κ1) is 11.2. The van der Waals surface area contributed by atoms with E-state index in [1.54, 1.807) is 22.7 Å². The SMILES string of the molecule is O=C(c1ccsc1)c1cc2c(s1)CCCCC2. The van der Waals surface area contributed by atoms with Crippen LogP contribution in [-0.4, -0.2) is 5.78 Å². The molecule has 2 aromatic heterocycles.